The van der Waals surface area contributed by atoms with Crippen molar-refractivity contribution in [3.63, 3.8) is 0 Å². The van der Waals surface area contributed by atoms with Crippen LogP contribution in [0.4, 0.5) is 0 Å². The molecule has 0 saturated carbocycles. The molecule has 4 nitrogen and oxygen atoms in total. The fraction of sp³-hybridized carbons (Fsp3) is 0.200. The third-order valence-corrected chi connectivity index (χ3v) is 7.03. The predicted octanol–water partition coefficient (Wildman–Crippen LogP) is 5.86. The summed E-state index contributed by atoms with van der Waals surface area (Å²) >= 11 is 13.8. The van der Waals surface area contributed by atoms with Crippen molar-refractivity contribution in [2.45, 2.75) is 12.5 Å². The van der Waals surface area contributed by atoms with Gasteiger partial charge in [0.05, 0.1) is 6.04 Å². The van der Waals surface area contributed by atoms with Crippen LogP contribution in [-0.4, -0.2) is 41.2 Å². The smallest absolute Gasteiger partial charge is 0.254 e. The highest BCUT2D eigenvalue weighted by Gasteiger charge is 2.34. The van der Waals surface area contributed by atoms with Crippen molar-refractivity contribution in [1.29, 1.82) is 0 Å². The van der Waals surface area contributed by atoms with Gasteiger partial charge in [0.2, 0.25) is 5.91 Å². The standard InChI is InChI=1S/C25H22Cl2N2O2S/c1-2-13-28(25(31)18-5-9-20(27)10-6-18)16-23(30)29-14-11-22-21(12-15-32-22)24(29)17-3-7-19(26)8-4-17/h2-10,12,15,24H,1,11,13-14,16H2. The summed E-state index contributed by atoms with van der Waals surface area (Å²) in [5.41, 5.74) is 2.62. The van der Waals surface area contributed by atoms with E-state index in [1.54, 1.807) is 41.7 Å². The number of halogens is 2. The molecule has 0 saturated heterocycles. The highest BCUT2D eigenvalue weighted by molar-refractivity contribution is 7.10. The van der Waals surface area contributed by atoms with E-state index in [0.717, 1.165) is 17.5 Å². The molecular weight excluding hydrogens is 463 g/mol. The number of fused-ring (bicyclic) bond motifs is 1. The Labute approximate surface area is 201 Å². The summed E-state index contributed by atoms with van der Waals surface area (Å²) in [6, 6.07) is 16.2. The minimum absolute atomic E-state index is 0.0307. The zero-order chi connectivity index (χ0) is 22.7. The lowest BCUT2D eigenvalue weighted by Gasteiger charge is -2.37. The Hall–Kier alpha value is -2.60. The average molecular weight is 485 g/mol. The summed E-state index contributed by atoms with van der Waals surface area (Å²) in [6.07, 6.45) is 2.43. The fourth-order valence-electron chi connectivity index (χ4n) is 3.99. The topological polar surface area (TPSA) is 40.6 Å². The van der Waals surface area contributed by atoms with Crippen molar-refractivity contribution in [1.82, 2.24) is 9.80 Å². The first-order valence-corrected chi connectivity index (χ1v) is 11.9. The van der Waals surface area contributed by atoms with E-state index in [4.69, 9.17) is 23.2 Å². The lowest BCUT2D eigenvalue weighted by atomic mass is 9.93. The third-order valence-electron chi connectivity index (χ3n) is 5.53. The maximum absolute atomic E-state index is 13.5. The molecule has 2 heterocycles. The van der Waals surface area contributed by atoms with Gasteiger partial charge in [-0.15, -0.1) is 17.9 Å². The first-order chi connectivity index (χ1) is 15.5. The molecule has 3 aromatic rings. The van der Waals surface area contributed by atoms with Crippen molar-refractivity contribution >= 4 is 46.4 Å². The van der Waals surface area contributed by atoms with Crippen molar-refractivity contribution in [3.8, 4) is 0 Å². The molecule has 2 amide bonds. The van der Waals surface area contributed by atoms with E-state index in [1.165, 1.54) is 9.78 Å². The molecule has 1 aliphatic rings. The third kappa shape index (κ3) is 4.75. The number of amides is 2. The highest BCUT2D eigenvalue weighted by atomic mass is 35.5. The van der Waals surface area contributed by atoms with Crippen LogP contribution in [-0.2, 0) is 11.2 Å². The Morgan fingerprint density at radius 2 is 1.72 bits per heavy atom. The van der Waals surface area contributed by atoms with Gasteiger partial charge in [-0.25, -0.2) is 0 Å². The van der Waals surface area contributed by atoms with E-state index in [0.29, 0.717) is 22.2 Å². The van der Waals surface area contributed by atoms with Crippen molar-refractivity contribution in [3.05, 3.63) is 104 Å². The molecule has 1 aliphatic heterocycles. The van der Waals surface area contributed by atoms with Crippen molar-refractivity contribution < 1.29 is 9.59 Å². The van der Waals surface area contributed by atoms with Gasteiger partial charge in [0.15, 0.2) is 0 Å². The monoisotopic (exact) mass is 484 g/mol. The number of benzene rings is 2. The molecule has 1 atom stereocenters. The predicted molar refractivity (Wildman–Crippen MR) is 131 cm³/mol. The summed E-state index contributed by atoms with van der Waals surface area (Å²) in [4.78, 5) is 31.2. The summed E-state index contributed by atoms with van der Waals surface area (Å²) in [5, 5.41) is 3.27. The molecule has 7 heteroatoms. The Bertz CT molecular complexity index is 1130. The number of rotatable bonds is 6. The number of thiophene rings is 1. The molecule has 0 spiro atoms. The molecule has 0 N–H and O–H groups in total. The highest BCUT2D eigenvalue weighted by Crippen LogP contribution is 2.38. The number of hydrogen-bond acceptors (Lipinski definition) is 3. The second-order valence-corrected chi connectivity index (χ2v) is 9.45. The van der Waals surface area contributed by atoms with E-state index < -0.39 is 0 Å². The van der Waals surface area contributed by atoms with Crippen LogP contribution in [0, 0.1) is 0 Å². The van der Waals surface area contributed by atoms with Crippen LogP contribution in [0.5, 0.6) is 0 Å². The van der Waals surface area contributed by atoms with Gasteiger partial charge in [0.1, 0.15) is 6.54 Å². The molecule has 4 rings (SSSR count). The van der Waals surface area contributed by atoms with E-state index in [9.17, 15) is 9.59 Å². The molecule has 32 heavy (non-hydrogen) atoms. The van der Waals surface area contributed by atoms with Crippen LogP contribution in [0.15, 0.2) is 72.6 Å². The molecule has 0 radical (unpaired) electrons. The van der Waals surface area contributed by atoms with E-state index in [1.807, 2.05) is 29.2 Å². The molecule has 2 aromatic carbocycles. The molecular formula is C25H22Cl2N2O2S. The van der Waals surface area contributed by atoms with Crippen LogP contribution >= 0.6 is 34.5 Å². The van der Waals surface area contributed by atoms with E-state index in [-0.39, 0.29) is 30.9 Å². The van der Waals surface area contributed by atoms with Gasteiger partial charge in [0.25, 0.3) is 5.91 Å². The lowest BCUT2D eigenvalue weighted by Crippen LogP contribution is -2.46. The van der Waals surface area contributed by atoms with Gasteiger partial charge in [-0.2, -0.15) is 0 Å². The molecule has 0 fully saturated rings. The molecule has 0 aliphatic carbocycles. The number of hydrogen-bond donors (Lipinski definition) is 0. The van der Waals surface area contributed by atoms with Gasteiger partial charge in [-0.3, -0.25) is 9.59 Å². The Morgan fingerprint density at radius 3 is 2.38 bits per heavy atom. The first kappa shape index (κ1) is 22.6. The van der Waals surface area contributed by atoms with Crippen molar-refractivity contribution in [2.75, 3.05) is 19.6 Å². The summed E-state index contributed by atoms with van der Waals surface area (Å²) < 4.78 is 0. The molecule has 0 bridgehead atoms. The number of carbonyl (C=O) groups excluding carboxylic acids is 2. The van der Waals surface area contributed by atoms with E-state index in [2.05, 4.69) is 18.0 Å². The Kier molecular flexibility index (Phi) is 6.99. The zero-order valence-electron chi connectivity index (χ0n) is 17.3. The maximum atomic E-state index is 13.5. The van der Waals surface area contributed by atoms with Crippen LogP contribution in [0.2, 0.25) is 10.0 Å². The molecule has 164 valence electrons. The number of carbonyl (C=O) groups is 2. The zero-order valence-corrected chi connectivity index (χ0v) is 19.7. The van der Waals surface area contributed by atoms with Gasteiger partial charge in [-0.05, 0) is 65.4 Å². The fourth-order valence-corrected chi connectivity index (χ4v) is 5.15. The second kappa shape index (κ2) is 9.90. The van der Waals surface area contributed by atoms with Gasteiger partial charge in [-0.1, -0.05) is 41.4 Å². The normalized spacial score (nSPS) is 15.2. The summed E-state index contributed by atoms with van der Waals surface area (Å²) in [5.74, 6) is -0.336. The average Bonchev–Trinajstić information content (AvgIpc) is 3.28. The Balaban J connectivity index is 1.60. The largest absolute Gasteiger partial charge is 0.330 e. The van der Waals surface area contributed by atoms with E-state index >= 15 is 0 Å². The minimum Gasteiger partial charge on any atom is -0.330 e. The quantitative estimate of drug-likeness (QED) is 0.411. The van der Waals surface area contributed by atoms with Gasteiger partial charge in [0, 0.05) is 33.6 Å². The minimum atomic E-state index is -0.230. The van der Waals surface area contributed by atoms with Crippen LogP contribution < -0.4 is 0 Å². The van der Waals surface area contributed by atoms with Crippen LogP contribution in [0.1, 0.15) is 32.4 Å². The van der Waals surface area contributed by atoms with Gasteiger partial charge >= 0.3 is 0 Å². The maximum Gasteiger partial charge on any atom is 0.254 e. The second-order valence-electron chi connectivity index (χ2n) is 7.57. The van der Waals surface area contributed by atoms with Crippen LogP contribution in [0.3, 0.4) is 0 Å². The lowest BCUT2D eigenvalue weighted by molar-refractivity contribution is -0.133. The molecule has 1 unspecified atom stereocenters. The number of nitrogens with zero attached hydrogens (tertiary/aromatic N) is 2. The van der Waals surface area contributed by atoms with Crippen molar-refractivity contribution in [2.24, 2.45) is 0 Å². The van der Waals surface area contributed by atoms with Gasteiger partial charge < -0.3 is 9.80 Å². The first-order valence-electron chi connectivity index (χ1n) is 10.2. The van der Waals surface area contributed by atoms with Crippen LogP contribution in [0.25, 0.3) is 0 Å². The summed E-state index contributed by atoms with van der Waals surface area (Å²) in [7, 11) is 0. The summed E-state index contributed by atoms with van der Waals surface area (Å²) in [6.45, 7) is 4.59. The Morgan fingerprint density at radius 1 is 1.06 bits per heavy atom. The molecule has 1 aromatic heterocycles. The SMILES string of the molecule is C=CCN(CC(=O)N1CCc2sccc2C1c1ccc(Cl)cc1)C(=O)c1ccc(Cl)cc1.